The van der Waals surface area contributed by atoms with Gasteiger partial charge in [-0.3, -0.25) is 9.59 Å². The summed E-state index contributed by atoms with van der Waals surface area (Å²) in [5.41, 5.74) is 1.07. The molecular weight excluding hydrogens is 386 g/mol. The van der Waals surface area contributed by atoms with Crippen molar-refractivity contribution in [3.05, 3.63) is 42.5 Å². The normalized spacial score (nSPS) is 18.4. The standard InChI is InChI=1S/C22H27N3O5/c1-4-29-21-11-18(8-9-20(21)28-3)25(22(27)16-12-23-14-24-13-16)17-6-5-7-19(10-17)30-15(2)26/h8-9,11-14,17,19H,4-7,10H2,1-3H3. The number of hydrogen-bond donors (Lipinski definition) is 0. The molecule has 1 aromatic heterocycles. The third kappa shape index (κ3) is 5.06. The van der Waals surface area contributed by atoms with Crippen LogP contribution < -0.4 is 14.4 Å². The molecule has 8 heteroatoms. The van der Waals surface area contributed by atoms with E-state index in [9.17, 15) is 9.59 Å². The lowest BCUT2D eigenvalue weighted by Gasteiger charge is -2.37. The highest BCUT2D eigenvalue weighted by Crippen LogP contribution is 2.36. The van der Waals surface area contributed by atoms with E-state index < -0.39 is 0 Å². The predicted octanol–water partition coefficient (Wildman–Crippen LogP) is 3.41. The fourth-order valence-corrected chi connectivity index (χ4v) is 3.82. The highest BCUT2D eigenvalue weighted by Gasteiger charge is 2.33. The molecule has 3 rings (SSSR count). The predicted molar refractivity (Wildman–Crippen MR) is 111 cm³/mol. The Balaban J connectivity index is 1.98. The van der Waals surface area contributed by atoms with Crippen molar-refractivity contribution in [1.82, 2.24) is 9.97 Å². The fourth-order valence-electron chi connectivity index (χ4n) is 3.82. The smallest absolute Gasteiger partial charge is 0.302 e. The molecule has 2 atom stereocenters. The van der Waals surface area contributed by atoms with Crippen molar-refractivity contribution in [2.75, 3.05) is 18.6 Å². The average molecular weight is 413 g/mol. The minimum Gasteiger partial charge on any atom is -0.493 e. The molecule has 1 saturated carbocycles. The SMILES string of the molecule is CCOc1cc(N(C(=O)c2cncnc2)C2CCCC(OC(C)=O)C2)ccc1OC. The van der Waals surface area contributed by atoms with Gasteiger partial charge in [-0.05, 0) is 38.3 Å². The Kier molecular flexibility index (Phi) is 7.21. The van der Waals surface area contributed by atoms with Crippen LogP contribution in [0, 0.1) is 0 Å². The van der Waals surface area contributed by atoms with Gasteiger partial charge in [0, 0.05) is 43.5 Å². The van der Waals surface area contributed by atoms with Gasteiger partial charge < -0.3 is 19.1 Å². The van der Waals surface area contributed by atoms with Gasteiger partial charge in [0.1, 0.15) is 12.4 Å². The molecule has 2 unspecified atom stereocenters. The van der Waals surface area contributed by atoms with Crippen molar-refractivity contribution < 1.29 is 23.8 Å². The number of carbonyl (C=O) groups is 2. The van der Waals surface area contributed by atoms with Gasteiger partial charge >= 0.3 is 5.97 Å². The second-order valence-electron chi connectivity index (χ2n) is 7.12. The first-order valence-electron chi connectivity index (χ1n) is 10.1. The van der Waals surface area contributed by atoms with E-state index in [-0.39, 0.29) is 24.0 Å². The van der Waals surface area contributed by atoms with Crippen LogP contribution in [0.4, 0.5) is 5.69 Å². The van der Waals surface area contributed by atoms with Gasteiger partial charge in [0.15, 0.2) is 11.5 Å². The maximum absolute atomic E-state index is 13.5. The maximum Gasteiger partial charge on any atom is 0.302 e. The second kappa shape index (κ2) is 10.0. The van der Waals surface area contributed by atoms with Crippen molar-refractivity contribution in [2.24, 2.45) is 0 Å². The number of hydrogen-bond acceptors (Lipinski definition) is 7. The number of benzene rings is 1. The molecule has 160 valence electrons. The summed E-state index contributed by atoms with van der Waals surface area (Å²) in [4.78, 5) is 34.6. The van der Waals surface area contributed by atoms with E-state index in [1.165, 1.54) is 25.6 Å². The highest BCUT2D eigenvalue weighted by molar-refractivity contribution is 6.06. The Bertz CT molecular complexity index is 874. The van der Waals surface area contributed by atoms with Crippen LogP contribution in [-0.4, -0.2) is 47.7 Å². The summed E-state index contributed by atoms with van der Waals surface area (Å²) in [5, 5.41) is 0. The summed E-state index contributed by atoms with van der Waals surface area (Å²) < 4.78 is 16.5. The number of esters is 1. The second-order valence-corrected chi connectivity index (χ2v) is 7.12. The third-order valence-electron chi connectivity index (χ3n) is 5.05. The zero-order valence-corrected chi connectivity index (χ0v) is 17.5. The fraction of sp³-hybridized carbons (Fsp3) is 0.455. The van der Waals surface area contributed by atoms with E-state index in [1.54, 1.807) is 24.1 Å². The van der Waals surface area contributed by atoms with Crippen molar-refractivity contribution >= 4 is 17.6 Å². The first kappa shape index (κ1) is 21.5. The van der Waals surface area contributed by atoms with Crippen LogP contribution in [0.5, 0.6) is 11.5 Å². The minimum absolute atomic E-state index is 0.140. The molecule has 1 aliphatic carbocycles. The lowest BCUT2D eigenvalue weighted by atomic mass is 9.90. The van der Waals surface area contributed by atoms with Crippen LogP contribution in [0.1, 0.15) is 49.9 Å². The summed E-state index contributed by atoms with van der Waals surface area (Å²) in [7, 11) is 1.58. The molecular formula is C22H27N3O5. The quantitative estimate of drug-likeness (QED) is 0.643. The molecule has 0 N–H and O–H groups in total. The van der Waals surface area contributed by atoms with E-state index >= 15 is 0 Å². The topological polar surface area (TPSA) is 90.9 Å². The number of ether oxygens (including phenoxy) is 3. The molecule has 0 spiro atoms. The zero-order chi connectivity index (χ0) is 21.5. The van der Waals surface area contributed by atoms with Gasteiger partial charge in [0.05, 0.1) is 19.3 Å². The largest absolute Gasteiger partial charge is 0.493 e. The number of rotatable bonds is 7. The molecule has 1 aliphatic rings. The number of anilines is 1. The third-order valence-corrected chi connectivity index (χ3v) is 5.05. The molecule has 2 aromatic rings. The van der Waals surface area contributed by atoms with Gasteiger partial charge in [-0.2, -0.15) is 0 Å². The van der Waals surface area contributed by atoms with Gasteiger partial charge in [-0.1, -0.05) is 0 Å². The lowest BCUT2D eigenvalue weighted by Crippen LogP contribution is -2.45. The van der Waals surface area contributed by atoms with Gasteiger partial charge in [0.2, 0.25) is 0 Å². The van der Waals surface area contributed by atoms with E-state index in [4.69, 9.17) is 14.2 Å². The van der Waals surface area contributed by atoms with Crippen LogP contribution in [0.2, 0.25) is 0 Å². The van der Waals surface area contributed by atoms with Crippen LogP contribution >= 0.6 is 0 Å². The van der Waals surface area contributed by atoms with Crippen molar-refractivity contribution in [3.63, 3.8) is 0 Å². The van der Waals surface area contributed by atoms with E-state index in [0.717, 1.165) is 19.3 Å². The Morgan fingerprint density at radius 2 is 1.93 bits per heavy atom. The van der Waals surface area contributed by atoms with Gasteiger partial charge in [0.25, 0.3) is 5.91 Å². The number of amides is 1. The summed E-state index contributed by atoms with van der Waals surface area (Å²) >= 11 is 0. The number of carbonyl (C=O) groups excluding carboxylic acids is 2. The molecule has 1 fully saturated rings. The maximum atomic E-state index is 13.5. The lowest BCUT2D eigenvalue weighted by molar-refractivity contribution is -0.147. The summed E-state index contributed by atoms with van der Waals surface area (Å²) in [6.07, 6.45) is 7.18. The highest BCUT2D eigenvalue weighted by atomic mass is 16.5. The average Bonchev–Trinajstić information content (AvgIpc) is 2.75. The molecule has 30 heavy (non-hydrogen) atoms. The van der Waals surface area contributed by atoms with Crippen LogP contribution in [0.25, 0.3) is 0 Å². The Morgan fingerprint density at radius 3 is 2.60 bits per heavy atom. The van der Waals surface area contributed by atoms with Gasteiger partial charge in [-0.15, -0.1) is 0 Å². The zero-order valence-electron chi connectivity index (χ0n) is 17.5. The van der Waals surface area contributed by atoms with Crippen molar-refractivity contribution in [3.8, 4) is 11.5 Å². The van der Waals surface area contributed by atoms with Crippen LogP contribution in [0.3, 0.4) is 0 Å². The molecule has 8 nitrogen and oxygen atoms in total. The number of methoxy groups -OCH3 is 1. The van der Waals surface area contributed by atoms with E-state index in [2.05, 4.69) is 9.97 Å². The summed E-state index contributed by atoms with van der Waals surface area (Å²) in [6, 6.07) is 5.28. The van der Waals surface area contributed by atoms with Crippen molar-refractivity contribution in [2.45, 2.75) is 51.7 Å². The van der Waals surface area contributed by atoms with E-state index in [1.807, 2.05) is 13.0 Å². The molecule has 0 radical (unpaired) electrons. The molecule has 0 saturated heterocycles. The first-order valence-corrected chi connectivity index (χ1v) is 10.1. The number of aromatic nitrogens is 2. The Morgan fingerprint density at radius 1 is 1.17 bits per heavy atom. The Hall–Kier alpha value is -3.16. The molecule has 0 aliphatic heterocycles. The monoisotopic (exact) mass is 413 g/mol. The molecule has 1 aromatic carbocycles. The first-order chi connectivity index (χ1) is 14.5. The minimum atomic E-state index is -0.307. The van der Waals surface area contributed by atoms with Crippen molar-refractivity contribution in [1.29, 1.82) is 0 Å². The molecule has 0 bridgehead atoms. The summed E-state index contributed by atoms with van der Waals surface area (Å²) in [6.45, 7) is 3.77. The Labute approximate surface area is 176 Å². The summed E-state index contributed by atoms with van der Waals surface area (Å²) in [5.74, 6) is 0.638. The van der Waals surface area contributed by atoms with Crippen LogP contribution in [0.15, 0.2) is 36.9 Å². The van der Waals surface area contributed by atoms with Crippen LogP contribution in [-0.2, 0) is 9.53 Å². The van der Waals surface area contributed by atoms with E-state index in [0.29, 0.717) is 35.8 Å². The number of nitrogens with zero attached hydrogens (tertiary/aromatic N) is 3. The molecule has 1 amide bonds. The van der Waals surface area contributed by atoms with Gasteiger partial charge in [-0.25, -0.2) is 9.97 Å². The molecule has 1 heterocycles.